The second-order valence-electron chi connectivity index (χ2n) is 7.10. The summed E-state index contributed by atoms with van der Waals surface area (Å²) in [5, 5.41) is 6.54. The van der Waals surface area contributed by atoms with Crippen LogP contribution in [0.2, 0.25) is 0 Å². The van der Waals surface area contributed by atoms with Crippen molar-refractivity contribution in [1.82, 2.24) is 20.4 Å². The Morgan fingerprint density at radius 2 is 1.93 bits per heavy atom. The lowest BCUT2D eigenvalue weighted by molar-refractivity contribution is -0.127. The van der Waals surface area contributed by atoms with E-state index >= 15 is 0 Å². The summed E-state index contributed by atoms with van der Waals surface area (Å²) < 4.78 is 12.4. The van der Waals surface area contributed by atoms with E-state index in [2.05, 4.69) is 44.8 Å². The lowest BCUT2D eigenvalue weighted by atomic mass is 10.0. The first-order chi connectivity index (χ1) is 13.1. The monoisotopic (exact) mass is 505 g/mol. The second-order valence-corrected chi connectivity index (χ2v) is 7.10. The number of rotatable bonds is 8. The maximum atomic E-state index is 12.4. The van der Waals surface area contributed by atoms with E-state index in [1.54, 1.807) is 14.1 Å². The molecule has 158 valence electrons. The van der Waals surface area contributed by atoms with E-state index in [1.807, 2.05) is 6.07 Å². The van der Waals surface area contributed by atoms with Gasteiger partial charge in [-0.25, -0.2) is 4.99 Å². The molecule has 0 saturated carbocycles. The first kappa shape index (κ1) is 24.6. The minimum absolute atomic E-state index is 0. The van der Waals surface area contributed by atoms with E-state index in [0.29, 0.717) is 25.0 Å². The third kappa shape index (κ3) is 9.18. The fourth-order valence-electron chi connectivity index (χ4n) is 2.98. The van der Waals surface area contributed by atoms with Crippen molar-refractivity contribution in [3.05, 3.63) is 35.9 Å². The number of nitrogens with zero attached hydrogens (tertiary/aromatic N) is 3. The highest BCUT2D eigenvalue weighted by atomic mass is 127. The van der Waals surface area contributed by atoms with E-state index in [4.69, 9.17) is 0 Å². The predicted molar refractivity (Wildman–Crippen MR) is 123 cm³/mol. The molecule has 1 saturated heterocycles. The SMILES string of the molecule is CN(C)C(=O)CN=C(NCCCF)NC1CCN(Cc2ccccc2)CC1.I. The minimum Gasteiger partial charge on any atom is -0.356 e. The van der Waals surface area contributed by atoms with Crippen molar-refractivity contribution in [1.29, 1.82) is 0 Å². The third-order valence-electron chi connectivity index (χ3n) is 4.65. The summed E-state index contributed by atoms with van der Waals surface area (Å²) in [6.07, 6.45) is 2.45. The molecule has 28 heavy (non-hydrogen) atoms. The van der Waals surface area contributed by atoms with Gasteiger partial charge in [-0.15, -0.1) is 24.0 Å². The van der Waals surface area contributed by atoms with Gasteiger partial charge in [-0.2, -0.15) is 0 Å². The third-order valence-corrected chi connectivity index (χ3v) is 4.65. The molecule has 6 nitrogen and oxygen atoms in total. The summed E-state index contributed by atoms with van der Waals surface area (Å²) in [7, 11) is 3.42. The van der Waals surface area contributed by atoms with Crippen LogP contribution in [0.25, 0.3) is 0 Å². The number of amides is 1. The van der Waals surface area contributed by atoms with Crippen LogP contribution in [0.1, 0.15) is 24.8 Å². The molecule has 1 aliphatic rings. The normalized spacial score (nSPS) is 15.6. The smallest absolute Gasteiger partial charge is 0.243 e. The fraction of sp³-hybridized carbons (Fsp3) is 0.600. The molecule has 0 unspecified atom stereocenters. The molecule has 1 aromatic carbocycles. The van der Waals surface area contributed by atoms with Gasteiger partial charge >= 0.3 is 0 Å². The molecule has 1 fully saturated rings. The number of carbonyl (C=O) groups excluding carboxylic acids is 1. The number of likely N-dealkylation sites (N-methyl/N-ethyl adjacent to an activating group) is 1. The lowest BCUT2D eigenvalue weighted by Gasteiger charge is -2.33. The van der Waals surface area contributed by atoms with Crippen molar-refractivity contribution >= 4 is 35.8 Å². The number of benzene rings is 1. The molecule has 0 aliphatic carbocycles. The lowest BCUT2D eigenvalue weighted by Crippen LogP contribution is -2.49. The number of carbonyl (C=O) groups is 1. The molecule has 8 heteroatoms. The molecular weight excluding hydrogens is 472 g/mol. The summed E-state index contributed by atoms with van der Waals surface area (Å²) in [5.74, 6) is 0.541. The van der Waals surface area contributed by atoms with Crippen LogP contribution in [0, 0.1) is 0 Å². The molecule has 0 aromatic heterocycles. The predicted octanol–water partition coefficient (Wildman–Crippen LogP) is 2.25. The van der Waals surface area contributed by atoms with Crippen LogP contribution >= 0.6 is 24.0 Å². The van der Waals surface area contributed by atoms with Gasteiger partial charge in [0.05, 0.1) is 6.67 Å². The molecule has 0 bridgehead atoms. The van der Waals surface area contributed by atoms with Crippen LogP contribution in [-0.4, -0.2) is 74.7 Å². The maximum absolute atomic E-state index is 12.4. The Kier molecular flexibility index (Phi) is 12.1. The van der Waals surface area contributed by atoms with Crippen LogP contribution in [0.15, 0.2) is 35.3 Å². The maximum Gasteiger partial charge on any atom is 0.243 e. The highest BCUT2D eigenvalue weighted by Gasteiger charge is 2.20. The number of alkyl halides is 1. The topological polar surface area (TPSA) is 60.0 Å². The standard InChI is InChI=1S/C20H32FN5O.HI/c1-25(2)19(27)15-23-20(22-12-6-11-21)24-18-9-13-26(14-10-18)16-17-7-4-3-5-8-17;/h3-5,7-8,18H,6,9-16H2,1-2H3,(H2,22,23,24);1H. The second kappa shape index (κ2) is 13.7. The van der Waals surface area contributed by atoms with Gasteiger partial charge in [0.15, 0.2) is 5.96 Å². The molecule has 1 amide bonds. The number of halogens is 2. The molecule has 1 aliphatic heterocycles. The van der Waals surface area contributed by atoms with Gasteiger partial charge in [-0.1, -0.05) is 30.3 Å². The Morgan fingerprint density at radius 3 is 2.54 bits per heavy atom. The molecule has 0 atom stereocenters. The van der Waals surface area contributed by atoms with Gasteiger partial charge in [-0.3, -0.25) is 14.1 Å². The number of guanidine groups is 1. The van der Waals surface area contributed by atoms with E-state index in [0.717, 1.165) is 32.5 Å². The Hall–Kier alpha value is -1.42. The average Bonchev–Trinajstić information content (AvgIpc) is 2.68. The number of piperidine rings is 1. The molecule has 1 aromatic rings. The molecular formula is C20H33FIN5O. The van der Waals surface area contributed by atoms with Crippen LogP contribution in [0.4, 0.5) is 4.39 Å². The van der Waals surface area contributed by atoms with E-state index < -0.39 is 0 Å². The number of hydrogen-bond donors (Lipinski definition) is 2. The van der Waals surface area contributed by atoms with Crippen molar-refractivity contribution in [2.24, 2.45) is 4.99 Å². The zero-order chi connectivity index (χ0) is 19.5. The van der Waals surface area contributed by atoms with Crippen molar-refractivity contribution in [2.75, 3.05) is 46.9 Å². The van der Waals surface area contributed by atoms with Crippen molar-refractivity contribution in [3.63, 3.8) is 0 Å². The molecule has 0 spiro atoms. The highest BCUT2D eigenvalue weighted by Crippen LogP contribution is 2.13. The van der Waals surface area contributed by atoms with Gasteiger partial charge in [0.25, 0.3) is 0 Å². The molecule has 2 rings (SSSR count). The van der Waals surface area contributed by atoms with Gasteiger partial charge in [0.2, 0.25) is 5.91 Å². The fourth-order valence-corrected chi connectivity index (χ4v) is 2.98. The first-order valence-electron chi connectivity index (χ1n) is 9.65. The Labute approximate surface area is 185 Å². The van der Waals surface area contributed by atoms with E-state index in [9.17, 15) is 9.18 Å². The van der Waals surface area contributed by atoms with Gasteiger partial charge in [0.1, 0.15) is 6.54 Å². The minimum atomic E-state index is -0.366. The van der Waals surface area contributed by atoms with Crippen LogP contribution in [-0.2, 0) is 11.3 Å². The number of likely N-dealkylation sites (tertiary alicyclic amines) is 1. The number of hydrogen-bond acceptors (Lipinski definition) is 3. The molecule has 1 heterocycles. The summed E-state index contributed by atoms with van der Waals surface area (Å²) in [4.78, 5) is 20.1. The molecule has 2 N–H and O–H groups in total. The quantitative estimate of drug-likeness (QED) is 0.246. The van der Waals surface area contributed by atoms with E-state index in [-0.39, 0.29) is 43.1 Å². The Morgan fingerprint density at radius 1 is 1.25 bits per heavy atom. The highest BCUT2D eigenvalue weighted by molar-refractivity contribution is 14.0. The average molecular weight is 505 g/mol. The van der Waals surface area contributed by atoms with Crippen LogP contribution in [0.5, 0.6) is 0 Å². The van der Waals surface area contributed by atoms with Gasteiger partial charge < -0.3 is 15.5 Å². The van der Waals surface area contributed by atoms with Crippen molar-refractivity contribution in [3.8, 4) is 0 Å². The van der Waals surface area contributed by atoms with Crippen molar-refractivity contribution < 1.29 is 9.18 Å². The van der Waals surface area contributed by atoms with Crippen LogP contribution in [0.3, 0.4) is 0 Å². The summed E-state index contributed by atoms with van der Waals surface area (Å²) in [6.45, 7) is 3.23. The number of nitrogens with one attached hydrogen (secondary N) is 2. The largest absolute Gasteiger partial charge is 0.356 e. The van der Waals surface area contributed by atoms with Gasteiger partial charge in [-0.05, 0) is 24.8 Å². The van der Waals surface area contributed by atoms with E-state index in [1.165, 1.54) is 10.5 Å². The zero-order valence-electron chi connectivity index (χ0n) is 16.9. The summed E-state index contributed by atoms with van der Waals surface area (Å²) in [5.41, 5.74) is 1.33. The number of aliphatic imine (C=N–C) groups is 1. The Bertz CT molecular complexity index is 592. The molecule has 0 radical (unpaired) electrons. The van der Waals surface area contributed by atoms with Crippen molar-refractivity contribution in [2.45, 2.75) is 31.8 Å². The first-order valence-corrected chi connectivity index (χ1v) is 9.65. The Balaban J connectivity index is 0.00000392. The summed E-state index contributed by atoms with van der Waals surface area (Å²) >= 11 is 0. The van der Waals surface area contributed by atoms with Crippen LogP contribution < -0.4 is 10.6 Å². The summed E-state index contributed by atoms with van der Waals surface area (Å²) in [6, 6.07) is 10.8. The van der Waals surface area contributed by atoms with Gasteiger partial charge in [0, 0.05) is 46.3 Å². The zero-order valence-corrected chi connectivity index (χ0v) is 19.2.